The van der Waals surface area contributed by atoms with Gasteiger partial charge in [0.2, 0.25) is 5.91 Å². The number of amides is 1. The van der Waals surface area contributed by atoms with Crippen LogP contribution in [0.2, 0.25) is 0 Å². The molecule has 6 heteroatoms. The first kappa shape index (κ1) is 12.6. The van der Waals surface area contributed by atoms with Gasteiger partial charge in [-0.2, -0.15) is 0 Å². The van der Waals surface area contributed by atoms with Crippen molar-refractivity contribution < 1.29 is 4.79 Å². The Morgan fingerprint density at radius 1 is 1.61 bits per heavy atom. The summed E-state index contributed by atoms with van der Waals surface area (Å²) in [5.74, 6) is 1.97. The van der Waals surface area contributed by atoms with E-state index in [1.807, 2.05) is 24.8 Å². The molecule has 2 rings (SSSR count). The van der Waals surface area contributed by atoms with Gasteiger partial charge in [-0.15, -0.1) is 0 Å². The number of nitrogens with two attached hydrogens (primary N) is 1. The van der Waals surface area contributed by atoms with Crippen molar-refractivity contribution in [2.45, 2.75) is 32.7 Å². The van der Waals surface area contributed by atoms with E-state index >= 15 is 0 Å². The Balaban J connectivity index is 2.29. The Labute approximate surface area is 107 Å². The van der Waals surface area contributed by atoms with Crippen LogP contribution in [0, 0.1) is 6.92 Å². The van der Waals surface area contributed by atoms with Crippen LogP contribution in [0.3, 0.4) is 0 Å². The summed E-state index contributed by atoms with van der Waals surface area (Å²) < 4.78 is 0. The van der Waals surface area contributed by atoms with E-state index < -0.39 is 0 Å². The predicted molar refractivity (Wildman–Crippen MR) is 70.5 cm³/mol. The third kappa shape index (κ3) is 2.52. The van der Waals surface area contributed by atoms with Gasteiger partial charge in [-0.05, 0) is 26.7 Å². The van der Waals surface area contributed by atoms with Crippen LogP contribution in [0.1, 0.15) is 25.6 Å². The van der Waals surface area contributed by atoms with Crippen molar-refractivity contribution in [1.82, 2.24) is 9.97 Å². The number of primary amides is 1. The minimum atomic E-state index is -0.284. The molecule has 0 aliphatic carbocycles. The number of nitrogens with one attached hydrogen (secondary N) is 1. The summed E-state index contributed by atoms with van der Waals surface area (Å²) in [6.45, 7) is 5.48. The summed E-state index contributed by atoms with van der Waals surface area (Å²) in [6, 6.07) is 1.63. The van der Waals surface area contributed by atoms with E-state index in [2.05, 4.69) is 15.3 Å². The van der Waals surface area contributed by atoms with Gasteiger partial charge in [0.25, 0.3) is 0 Å². The molecule has 3 N–H and O–H groups in total. The van der Waals surface area contributed by atoms with Crippen molar-refractivity contribution in [1.29, 1.82) is 0 Å². The van der Waals surface area contributed by atoms with Crippen LogP contribution in [0.4, 0.5) is 11.6 Å². The monoisotopic (exact) mass is 249 g/mol. The molecule has 0 radical (unpaired) electrons. The van der Waals surface area contributed by atoms with Crippen molar-refractivity contribution in [2.75, 3.05) is 23.3 Å². The summed E-state index contributed by atoms with van der Waals surface area (Å²) >= 11 is 0. The van der Waals surface area contributed by atoms with Gasteiger partial charge < -0.3 is 16.0 Å². The average Bonchev–Trinajstić information content (AvgIpc) is 2.77. The van der Waals surface area contributed by atoms with Gasteiger partial charge >= 0.3 is 0 Å². The minimum absolute atomic E-state index is 0.242. The molecule has 1 aliphatic rings. The molecule has 1 aromatic rings. The largest absolute Gasteiger partial charge is 0.370 e. The highest BCUT2D eigenvalue weighted by atomic mass is 16.1. The standard InChI is InChI=1S/C12H19N5O/c1-3-14-10-7-11(16-8(2)15-10)17-6-4-5-9(17)12(13)18/h7,9H,3-6H2,1-2H3,(H2,13,18)(H,14,15,16). The molecule has 0 spiro atoms. The molecule has 1 aromatic heterocycles. The zero-order chi connectivity index (χ0) is 13.1. The normalized spacial score (nSPS) is 19.0. The summed E-state index contributed by atoms with van der Waals surface area (Å²) in [7, 11) is 0. The van der Waals surface area contributed by atoms with Crippen LogP contribution in [0.5, 0.6) is 0 Å². The Kier molecular flexibility index (Phi) is 3.64. The van der Waals surface area contributed by atoms with Gasteiger partial charge in [-0.25, -0.2) is 9.97 Å². The first-order chi connectivity index (χ1) is 8.61. The Morgan fingerprint density at radius 2 is 2.39 bits per heavy atom. The zero-order valence-electron chi connectivity index (χ0n) is 10.8. The Bertz CT molecular complexity index is 448. The number of anilines is 2. The lowest BCUT2D eigenvalue weighted by Gasteiger charge is -2.23. The minimum Gasteiger partial charge on any atom is -0.370 e. The molecule has 1 unspecified atom stereocenters. The van der Waals surface area contributed by atoms with Crippen LogP contribution in [0.15, 0.2) is 6.07 Å². The van der Waals surface area contributed by atoms with Gasteiger partial charge in [0.05, 0.1) is 0 Å². The molecule has 1 aliphatic heterocycles. The first-order valence-electron chi connectivity index (χ1n) is 6.27. The molecular weight excluding hydrogens is 230 g/mol. The molecule has 18 heavy (non-hydrogen) atoms. The number of hydrogen-bond donors (Lipinski definition) is 2. The van der Waals surface area contributed by atoms with Crippen LogP contribution >= 0.6 is 0 Å². The molecule has 2 heterocycles. The van der Waals surface area contributed by atoms with Gasteiger partial charge in [-0.3, -0.25) is 4.79 Å². The predicted octanol–water partition coefficient (Wildman–Crippen LogP) is 0.671. The lowest BCUT2D eigenvalue weighted by atomic mass is 10.2. The van der Waals surface area contributed by atoms with E-state index in [-0.39, 0.29) is 11.9 Å². The lowest BCUT2D eigenvalue weighted by Crippen LogP contribution is -2.40. The summed E-state index contributed by atoms with van der Waals surface area (Å²) in [6.07, 6.45) is 1.77. The molecule has 1 fully saturated rings. The van der Waals surface area contributed by atoms with E-state index in [9.17, 15) is 4.79 Å². The highest BCUT2D eigenvalue weighted by Crippen LogP contribution is 2.25. The maximum Gasteiger partial charge on any atom is 0.240 e. The number of aryl methyl sites for hydroxylation is 1. The summed E-state index contributed by atoms with van der Waals surface area (Å²) in [4.78, 5) is 22.1. The van der Waals surface area contributed by atoms with E-state index in [4.69, 9.17) is 5.73 Å². The van der Waals surface area contributed by atoms with Crippen LogP contribution in [-0.2, 0) is 4.79 Å². The number of rotatable bonds is 4. The molecule has 6 nitrogen and oxygen atoms in total. The molecule has 1 amide bonds. The summed E-state index contributed by atoms with van der Waals surface area (Å²) in [5, 5.41) is 3.16. The number of aromatic nitrogens is 2. The van der Waals surface area contributed by atoms with Crippen molar-refractivity contribution in [2.24, 2.45) is 5.73 Å². The number of carbonyl (C=O) groups excluding carboxylic acids is 1. The second-order valence-corrected chi connectivity index (χ2v) is 4.44. The second kappa shape index (κ2) is 5.20. The highest BCUT2D eigenvalue weighted by molar-refractivity contribution is 5.84. The second-order valence-electron chi connectivity index (χ2n) is 4.44. The number of hydrogen-bond acceptors (Lipinski definition) is 5. The molecular formula is C12H19N5O. The third-order valence-corrected chi connectivity index (χ3v) is 3.06. The fraction of sp³-hybridized carbons (Fsp3) is 0.583. The first-order valence-corrected chi connectivity index (χ1v) is 6.27. The smallest absolute Gasteiger partial charge is 0.240 e. The molecule has 0 aromatic carbocycles. The van der Waals surface area contributed by atoms with Crippen molar-refractivity contribution in [3.05, 3.63) is 11.9 Å². The highest BCUT2D eigenvalue weighted by Gasteiger charge is 2.30. The molecule has 1 saturated heterocycles. The maximum absolute atomic E-state index is 11.4. The van der Waals surface area contributed by atoms with Gasteiger partial charge in [0.15, 0.2) is 0 Å². The molecule has 98 valence electrons. The van der Waals surface area contributed by atoms with Crippen LogP contribution in [0.25, 0.3) is 0 Å². The lowest BCUT2D eigenvalue weighted by molar-refractivity contribution is -0.119. The quantitative estimate of drug-likeness (QED) is 0.819. The zero-order valence-corrected chi connectivity index (χ0v) is 10.8. The fourth-order valence-electron chi connectivity index (χ4n) is 2.31. The van der Waals surface area contributed by atoms with Crippen LogP contribution < -0.4 is 16.0 Å². The van der Waals surface area contributed by atoms with E-state index in [1.54, 1.807) is 0 Å². The summed E-state index contributed by atoms with van der Waals surface area (Å²) in [5.41, 5.74) is 5.42. The van der Waals surface area contributed by atoms with Crippen molar-refractivity contribution in [3.8, 4) is 0 Å². The Hall–Kier alpha value is -1.85. The van der Waals surface area contributed by atoms with Gasteiger partial charge in [0.1, 0.15) is 23.5 Å². The Morgan fingerprint density at radius 3 is 3.06 bits per heavy atom. The van der Waals surface area contributed by atoms with E-state index in [0.29, 0.717) is 5.82 Å². The average molecular weight is 249 g/mol. The van der Waals surface area contributed by atoms with Gasteiger partial charge in [0, 0.05) is 19.2 Å². The SMILES string of the molecule is CCNc1cc(N2CCCC2C(N)=O)nc(C)n1. The molecule has 0 saturated carbocycles. The van der Waals surface area contributed by atoms with E-state index in [0.717, 1.165) is 37.6 Å². The van der Waals surface area contributed by atoms with Gasteiger partial charge in [-0.1, -0.05) is 0 Å². The van der Waals surface area contributed by atoms with Crippen molar-refractivity contribution >= 4 is 17.5 Å². The number of nitrogens with zero attached hydrogens (tertiary/aromatic N) is 3. The van der Waals surface area contributed by atoms with Crippen molar-refractivity contribution in [3.63, 3.8) is 0 Å². The molecule has 0 bridgehead atoms. The van der Waals surface area contributed by atoms with Crippen LogP contribution in [-0.4, -0.2) is 35.0 Å². The van der Waals surface area contributed by atoms with E-state index in [1.165, 1.54) is 0 Å². The molecule has 1 atom stereocenters. The fourth-order valence-corrected chi connectivity index (χ4v) is 2.31. The number of carbonyl (C=O) groups is 1. The maximum atomic E-state index is 11.4. The topological polar surface area (TPSA) is 84.1 Å². The third-order valence-electron chi connectivity index (χ3n) is 3.06.